The molecule has 2 aromatic rings. The van der Waals surface area contributed by atoms with Gasteiger partial charge in [0, 0.05) is 32.1 Å². The minimum atomic E-state index is -0.479. The maximum Gasteiger partial charge on any atom is 0.263 e. The number of carbonyl (C=O) groups is 4. The maximum atomic E-state index is 13.5. The van der Waals surface area contributed by atoms with Crippen LogP contribution in [0.5, 0.6) is 0 Å². The molecule has 0 radical (unpaired) electrons. The summed E-state index contributed by atoms with van der Waals surface area (Å²) in [4.78, 5) is 54.7. The van der Waals surface area contributed by atoms with E-state index in [9.17, 15) is 23.6 Å². The Morgan fingerprint density at radius 2 is 1.78 bits per heavy atom. The number of hydrogen-bond donors (Lipinski definition) is 2. The topological polar surface area (TPSA) is 98.8 Å². The second kappa shape index (κ2) is 10.7. The smallest absolute Gasteiger partial charge is 0.263 e. The highest BCUT2D eigenvalue weighted by Crippen LogP contribution is 2.34. The van der Waals surface area contributed by atoms with Crippen LogP contribution in [0, 0.1) is 11.7 Å². The molecule has 0 unspecified atom stereocenters. The lowest BCUT2D eigenvalue weighted by Crippen LogP contribution is -2.49. The number of carbonyl (C=O) groups excluding carboxylic acids is 4. The van der Waals surface area contributed by atoms with Crippen molar-refractivity contribution >= 4 is 29.3 Å². The number of amides is 4. The first-order valence-corrected chi connectivity index (χ1v) is 13.0. The van der Waals surface area contributed by atoms with Gasteiger partial charge in [0.1, 0.15) is 11.9 Å². The van der Waals surface area contributed by atoms with E-state index < -0.39 is 6.04 Å². The van der Waals surface area contributed by atoms with Gasteiger partial charge < -0.3 is 15.5 Å². The van der Waals surface area contributed by atoms with Gasteiger partial charge in [0.05, 0.1) is 16.8 Å². The number of nitrogens with one attached hydrogen (secondary N) is 2. The zero-order chi connectivity index (χ0) is 25.9. The Labute approximate surface area is 215 Å². The Morgan fingerprint density at radius 1 is 1.00 bits per heavy atom. The van der Waals surface area contributed by atoms with Gasteiger partial charge in [0.2, 0.25) is 11.8 Å². The van der Waals surface area contributed by atoms with Crippen LogP contribution < -0.4 is 15.5 Å². The molecule has 2 saturated heterocycles. The molecule has 0 aliphatic carbocycles. The maximum absolute atomic E-state index is 13.5. The quantitative estimate of drug-likeness (QED) is 0.587. The lowest BCUT2D eigenvalue weighted by atomic mass is 9.94. The van der Waals surface area contributed by atoms with E-state index in [0.29, 0.717) is 62.1 Å². The second-order valence-corrected chi connectivity index (χ2v) is 9.95. The largest absolute Gasteiger partial charge is 0.371 e. The van der Waals surface area contributed by atoms with Crippen LogP contribution in [0.4, 0.5) is 10.1 Å². The molecule has 5 rings (SSSR count). The van der Waals surface area contributed by atoms with Crippen LogP contribution in [0.2, 0.25) is 0 Å². The van der Waals surface area contributed by atoms with E-state index in [1.165, 1.54) is 17.0 Å². The normalized spacial score (nSPS) is 20.5. The fourth-order valence-electron chi connectivity index (χ4n) is 5.46. The molecule has 2 fully saturated rings. The van der Waals surface area contributed by atoms with Crippen LogP contribution in [0.25, 0.3) is 0 Å². The number of nitrogens with zero attached hydrogens (tertiary/aromatic N) is 2. The molecule has 2 N–H and O–H groups in total. The molecule has 9 heteroatoms. The third kappa shape index (κ3) is 5.21. The molecule has 2 aromatic carbocycles. The van der Waals surface area contributed by atoms with Crippen molar-refractivity contribution in [2.24, 2.45) is 5.92 Å². The summed E-state index contributed by atoms with van der Waals surface area (Å²) in [6, 6.07) is 11.0. The fourth-order valence-corrected chi connectivity index (χ4v) is 5.46. The number of benzene rings is 2. The Kier molecular flexibility index (Phi) is 7.21. The van der Waals surface area contributed by atoms with Gasteiger partial charge in [-0.15, -0.1) is 0 Å². The molecular weight excluding hydrogens is 475 g/mol. The van der Waals surface area contributed by atoms with E-state index >= 15 is 0 Å². The molecule has 3 aliphatic heterocycles. The van der Waals surface area contributed by atoms with Gasteiger partial charge in [-0.05, 0) is 68.4 Å². The molecule has 1 atom stereocenters. The highest BCUT2D eigenvalue weighted by Gasteiger charge is 2.39. The second-order valence-electron chi connectivity index (χ2n) is 9.95. The number of halogens is 1. The third-order valence-corrected chi connectivity index (χ3v) is 7.55. The number of fused-ring (bicyclic) bond motifs is 1. The summed E-state index contributed by atoms with van der Waals surface area (Å²) >= 11 is 0. The molecule has 3 heterocycles. The number of imide groups is 1. The first-order valence-electron chi connectivity index (χ1n) is 13.0. The van der Waals surface area contributed by atoms with Crippen molar-refractivity contribution in [3.63, 3.8) is 0 Å². The van der Waals surface area contributed by atoms with E-state index in [-0.39, 0.29) is 41.9 Å². The van der Waals surface area contributed by atoms with Crippen molar-refractivity contribution in [1.82, 2.24) is 15.5 Å². The summed E-state index contributed by atoms with van der Waals surface area (Å²) < 4.78 is 13.5. The summed E-state index contributed by atoms with van der Waals surface area (Å²) in [7, 11) is 0. The number of hydrogen-bond acceptors (Lipinski definition) is 5. The molecule has 0 bridgehead atoms. The molecule has 37 heavy (non-hydrogen) atoms. The number of anilines is 1. The Hall–Kier alpha value is -3.75. The van der Waals surface area contributed by atoms with E-state index in [2.05, 4.69) is 15.5 Å². The van der Waals surface area contributed by atoms with Crippen molar-refractivity contribution in [2.75, 3.05) is 31.1 Å². The van der Waals surface area contributed by atoms with Gasteiger partial charge in [-0.25, -0.2) is 4.39 Å². The standard InChI is InChI=1S/C28H31FN4O4/c29-20-6-3-5-18(17-20)10-16-33-27(36)21-7-4-9-23(24(21)28(33)37)32-14-11-19(12-15-32)25(34)31-22-8-1-2-13-30-26(22)35/h3-7,9,17,19,22H,1-2,8,10-16H2,(H,30,35)(H,31,34)/t22-/m0/s1. The minimum absolute atomic E-state index is 0.102. The van der Waals surface area contributed by atoms with Gasteiger partial charge in [0.25, 0.3) is 11.8 Å². The van der Waals surface area contributed by atoms with Gasteiger partial charge in [-0.3, -0.25) is 24.1 Å². The molecule has 0 saturated carbocycles. The van der Waals surface area contributed by atoms with Crippen LogP contribution in [0.15, 0.2) is 42.5 Å². The van der Waals surface area contributed by atoms with Crippen molar-refractivity contribution in [1.29, 1.82) is 0 Å². The third-order valence-electron chi connectivity index (χ3n) is 7.55. The predicted octanol–water partition coefficient (Wildman–Crippen LogP) is 2.67. The molecule has 0 spiro atoms. The average Bonchev–Trinajstić information content (AvgIpc) is 3.01. The SMILES string of the molecule is O=C(N[C@H]1CCCCNC1=O)C1CCN(c2cccc3c2C(=O)N(CCc2cccc(F)c2)C3=O)CC1. The predicted molar refractivity (Wildman–Crippen MR) is 136 cm³/mol. The van der Waals surface area contributed by atoms with E-state index in [0.717, 1.165) is 18.4 Å². The van der Waals surface area contributed by atoms with Crippen LogP contribution in [0.3, 0.4) is 0 Å². The molecule has 194 valence electrons. The Morgan fingerprint density at radius 3 is 2.57 bits per heavy atom. The summed E-state index contributed by atoms with van der Waals surface area (Å²) in [5, 5.41) is 5.77. The lowest BCUT2D eigenvalue weighted by molar-refractivity contribution is -0.131. The number of piperidine rings is 1. The molecule has 8 nitrogen and oxygen atoms in total. The van der Waals surface area contributed by atoms with Crippen LogP contribution in [-0.2, 0) is 16.0 Å². The summed E-state index contributed by atoms with van der Waals surface area (Å²) in [5.41, 5.74) is 2.19. The zero-order valence-corrected chi connectivity index (χ0v) is 20.7. The van der Waals surface area contributed by atoms with Crippen molar-refractivity contribution < 1.29 is 23.6 Å². The van der Waals surface area contributed by atoms with Gasteiger partial charge in [0.15, 0.2) is 0 Å². The van der Waals surface area contributed by atoms with Crippen molar-refractivity contribution in [3.05, 3.63) is 65.0 Å². The zero-order valence-electron chi connectivity index (χ0n) is 20.7. The first-order chi connectivity index (χ1) is 17.9. The van der Waals surface area contributed by atoms with Crippen molar-refractivity contribution in [2.45, 2.75) is 44.6 Å². The summed E-state index contributed by atoms with van der Waals surface area (Å²) in [6.07, 6.45) is 4.02. The molecule has 0 aromatic heterocycles. The highest BCUT2D eigenvalue weighted by molar-refractivity contribution is 6.23. The van der Waals surface area contributed by atoms with Crippen molar-refractivity contribution in [3.8, 4) is 0 Å². The molecule has 3 aliphatic rings. The monoisotopic (exact) mass is 506 g/mol. The minimum Gasteiger partial charge on any atom is -0.371 e. The summed E-state index contributed by atoms with van der Waals surface area (Å²) in [6.45, 7) is 1.95. The highest BCUT2D eigenvalue weighted by atomic mass is 19.1. The molecule has 4 amide bonds. The molecular formula is C28H31FN4O4. The fraction of sp³-hybridized carbons (Fsp3) is 0.429. The van der Waals surface area contributed by atoms with Crippen LogP contribution in [0.1, 0.15) is 58.4 Å². The van der Waals surface area contributed by atoms with Gasteiger partial charge >= 0.3 is 0 Å². The summed E-state index contributed by atoms with van der Waals surface area (Å²) in [5.74, 6) is -1.45. The van der Waals surface area contributed by atoms with Gasteiger partial charge in [-0.2, -0.15) is 0 Å². The number of rotatable bonds is 6. The van der Waals surface area contributed by atoms with E-state index in [1.807, 2.05) is 6.07 Å². The lowest BCUT2D eigenvalue weighted by Gasteiger charge is -2.34. The Balaban J connectivity index is 1.23. The Bertz CT molecular complexity index is 1220. The first kappa shape index (κ1) is 24.9. The average molecular weight is 507 g/mol. The van der Waals surface area contributed by atoms with E-state index in [1.54, 1.807) is 24.3 Å². The van der Waals surface area contributed by atoms with Crippen LogP contribution >= 0.6 is 0 Å². The van der Waals surface area contributed by atoms with Gasteiger partial charge in [-0.1, -0.05) is 18.2 Å². The van der Waals surface area contributed by atoms with Crippen LogP contribution in [-0.4, -0.2) is 60.7 Å². The van der Waals surface area contributed by atoms with E-state index in [4.69, 9.17) is 0 Å².